The molecule has 14 heavy (non-hydrogen) atoms. The molecule has 1 unspecified atom stereocenters. The summed E-state index contributed by atoms with van der Waals surface area (Å²) in [6.07, 6.45) is 2.80. The molecule has 0 heterocycles. The molecule has 2 N–H and O–H groups in total. The Kier molecular flexibility index (Phi) is 4.36. The van der Waals surface area contributed by atoms with Gasteiger partial charge in [0.05, 0.1) is 5.02 Å². The van der Waals surface area contributed by atoms with E-state index in [0.29, 0.717) is 0 Å². The molecule has 0 aromatic heterocycles. The Morgan fingerprint density at radius 2 is 2.21 bits per heavy atom. The summed E-state index contributed by atoms with van der Waals surface area (Å²) in [7, 11) is 0. The minimum Gasteiger partial charge on any atom is -0.328 e. The Hall–Kier alpha value is -0.600. The topological polar surface area (TPSA) is 26.0 Å². The predicted octanol–water partition coefficient (Wildman–Crippen LogP) is 3.15. The van der Waals surface area contributed by atoms with Crippen molar-refractivity contribution in [2.75, 3.05) is 0 Å². The van der Waals surface area contributed by atoms with E-state index in [1.807, 2.05) is 13.0 Å². The van der Waals surface area contributed by atoms with Gasteiger partial charge in [0.15, 0.2) is 0 Å². The summed E-state index contributed by atoms with van der Waals surface area (Å²) in [5.74, 6) is -0.343. The van der Waals surface area contributed by atoms with Crippen molar-refractivity contribution < 1.29 is 4.39 Å². The Morgan fingerprint density at radius 3 is 2.79 bits per heavy atom. The summed E-state index contributed by atoms with van der Waals surface area (Å²) in [5.41, 5.74) is 6.59. The SMILES string of the molecule is CC(N)CCCc1ccc(Cl)c(F)c1. The van der Waals surface area contributed by atoms with Crippen LogP contribution in [0.4, 0.5) is 4.39 Å². The lowest BCUT2D eigenvalue weighted by Crippen LogP contribution is -2.14. The lowest BCUT2D eigenvalue weighted by atomic mass is 10.1. The van der Waals surface area contributed by atoms with Gasteiger partial charge in [0.1, 0.15) is 5.82 Å². The van der Waals surface area contributed by atoms with Crippen LogP contribution in [-0.2, 0) is 6.42 Å². The molecule has 1 rings (SSSR count). The highest BCUT2D eigenvalue weighted by molar-refractivity contribution is 6.30. The summed E-state index contributed by atoms with van der Waals surface area (Å²) in [6, 6.07) is 5.15. The number of nitrogens with two attached hydrogens (primary N) is 1. The smallest absolute Gasteiger partial charge is 0.142 e. The maximum atomic E-state index is 13.0. The number of halogens is 2. The van der Waals surface area contributed by atoms with Gasteiger partial charge in [0.2, 0.25) is 0 Å². The van der Waals surface area contributed by atoms with Crippen molar-refractivity contribution in [3.05, 3.63) is 34.6 Å². The van der Waals surface area contributed by atoms with Crippen LogP contribution in [0, 0.1) is 5.82 Å². The first-order chi connectivity index (χ1) is 6.59. The molecule has 0 fully saturated rings. The van der Waals surface area contributed by atoms with E-state index >= 15 is 0 Å². The molecule has 1 aromatic rings. The van der Waals surface area contributed by atoms with Crippen LogP contribution in [0.5, 0.6) is 0 Å². The van der Waals surface area contributed by atoms with Crippen molar-refractivity contribution in [1.29, 1.82) is 0 Å². The summed E-state index contributed by atoms with van der Waals surface area (Å²) in [5, 5.41) is 0.181. The monoisotopic (exact) mass is 215 g/mol. The van der Waals surface area contributed by atoms with Gasteiger partial charge in [-0.2, -0.15) is 0 Å². The van der Waals surface area contributed by atoms with E-state index in [9.17, 15) is 4.39 Å². The standard InChI is InChI=1S/C11H15ClFN/c1-8(14)3-2-4-9-5-6-10(12)11(13)7-9/h5-8H,2-4,14H2,1H3. The zero-order valence-electron chi connectivity index (χ0n) is 8.26. The molecular weight excluding hydrogens is 201 g/mol. The molecule has 1 atom stereocenters. The van der Waals surface area contributed by atoms with E-state index in [1.165, 1.54) is 6.07 Å². The molecule has 0 saturated heterocycles. The first-order valence-corrected chi connectivity index (χ1v) is 5.17. The minimum atomic E-state index is -0.343. The summed E-state index contributed by atoms with van der Waals surface area (Å²) < 4.78 is 13.0. The predicted molar refractivity (Wildman–Crippen MR) is 58.0 cm³/mol. The Morgan fingerprint density at radius 1 is 1.50 bits per heavy atom. The first kappa shape index (κ1) is 11.5. The van der Waals surface area contributed by atoms with Crippen LogP contribution in [-0.4, -0.2) is 6.04 Å². The second-order valence-electron chi connectivity index (χ2n) is 3.62. The van der Waals surface area contributed by atoms with Gasteiger partial charge in [-0.05, 0) is 43.9 Å². The molecular formula is C11H15ClFN. The van der Waals surface area contributed by atoms with Crippen molar-refractivity contribution >= 4 is 11.6 Å². The zero-order valence-corrected chi connectivity index (χ0v) is 9.02. The third-order valence-corrected chi connectivity index (χ3v) is 2.42. The van der Waals surface area contributed by atoms with Crippen LogP contribution in [0.15, 0.2) is 18.2 Å². The quantitative estimate of drug-likeness (QED) is 0.821. The van der Waals surface area contributed by atoms with Gasteiger partial charge >= 0.3 is 0 Å². The fraction of sp³-hybridized carbons (Fsp3) is 0.455. The lowest BCUT2D eigenvalue weighted by Gasteiger charge is -2.05. The fourth-order valence-corrected chi connectivity index (χ4v) is 1.44. The minimum absolute atomic E-state index is 0.181. The van der Waals surface area contributed by atoms with Crippen LogP contribution < -0.4 is 5.73 Å². The van der Waals surface area contributed by atoms with Gasteiger partial charge in [-0.15, -0.1) is 0 Å². The highest BCUT2D eigenvalue weighted by atomic mass is 35.5. The second kappa shape index (κ2) is 5.32. The summed E-state index contributed by atoms with van der Waals surface area (Å²) in [6.45, 7) is 1.97. The van der Waals surface area contributed by atoms with Crippen LogP contribution in [0.3, 0.4) is 0 Å². The van der Waals surface area contributed by atoms with Gasteiger partial charge in [-0.3, -0.25) is 0 Å². The molecule has 78 valence electrons. The number of hydrogen-bond acceptors (Lipinski definition) is 1. The number of benzene rings is 1. The van der Waals surface area contributed by atoms with Crippen LogP contribution in [0.1, 0.15) is 25.3 Å². The molecule has 0 bridgehead atoms. The summed E-state index contributed by atoms with van der Waals surface area (Å²) >= 11 is 5.57. The highest BCUT2D eigenvalue weighted by Crippen LogP contribution is 2.16. The van der Waals surface area contributed by atoms with Crippen molar-refractivity contribution in [2.45, 2.75) is 32.2 Å². The molecule has 0 radical (unpaired) electrons. The second-order valence-corrected chi connectivity index (χ2v) is 4.03. The van der Waals surface area contributed by atoms with E-state index in [-0.39, 0.29) is 16.9 Å². The molecule has 1 aromatic carbocycles. The molecule has 3 heteroatoms. The first-order valence-electron chi connectivity index (χ1n) is 4.79. The van der Waals surface area contributed by atoms with Gasteiger partial charge in [-0.25, -0.2) is 4.39 Å². The van der Waals surface area contributed by atoms with Gasteiger partial charge < -0.3 is 5.73 Å². The maximum Gasteiger partial charge on any atom is 0.142 e. The van der Waals surface area contributed by atoms with Crippen LogP contribution in [0.2, 0.25) is 5.02 Å². The lowest BCUT2D eigenvalue weighted by molar-refractivity contribution is 0.612. The van der Waals surface area contributed by atoms with Crippen molar-refractivity contribution in [3.63, 3.8) is 0 Å². The molecule has 0 aliphatic carbocycles. The van der Waals surface area contributed by atoms with Gasteiger partial charge in [0, 0.05) is 6.04 Å². The Balaban J connectivity index is 2.47. The third-order valence-electron chi connectivity index (χ3n) is 2.11. The Bertz CT molecular complexity index is 299. The molecule has 1 nitrogen and oxygen atoms in total. The number of aryl methyl sites for hydroxylation is 1. The summed E-state index contributed by atoms with van der Waals surface area (Å²) in [4.78, 5) is 0. The number of hydrogen-bond donors (Lipinski definition) is 1. The van der Waals surface area contributed by atoms with E-state index in [2.05, 4.69) is 0 Å². The Labute approximate surface area is 89.1 Å². The highest BCUT2D eigenvalue weighted by Gasteiger charge is 2.01. The number of rotatable bonds is 4. The average molecular weight is 216 g/mol. The fourth-order valence-electron chi connectivity index (χ4n) is 1.32. The third kappa shape index (κ3) is 3.64. The van der Waals surface area contributed by atoms with E-state index in [0.717, 1.165) is 24.8 Å². The van der Waals surface area contributed by atoms with E-state index in [1.54, 1.807) is 6.07 Å². The largest absolute Gasteiger partial charge is 0.328 e. The average Bonchev–Trinajstić information content (AvgIpc) is 2.10. The van der Waals surface area contributed by atoms with E-state index < -0.39 is 0 Å². The van der Waals surface area contributed by atoms with Crippen molar-refractivity contribution in [2.24, 2.45) is 5.73 Å². The molecule has 0 spiro atoms. The molecule has 0 saturated carbocycles. The van der Waals surface area contributed by atoms with Crippen LogP contribution >= 0.6 is 11.6 Å². The van der Waals surface area contributed by atoms with Gasteiger partial charge in [0.25, 0.3) is 0 Å². The van der Waals surface area contributed by atoms with E-state index in [4.69, 9.17) is 17.3 Å². The normalized spacial score (nSPS) is 12.9. The van der Waals surface area contributed by atoms with Crippen molar-refractivity contribution in [3.8, 4) is 0 Å². The zero-order chi connectivity index (χ0) is 10.6. The van der Waals surface area contributed by atoms with Crippen molar-refractivity contribution in [1.82, 2.24) is 0 Å². The van der Waals surface area contributed by atoms with Gasteiger partial charge in [-0.1, -0.05) is 17.7 Å². The molecule has 0 aliphatic rings. The maximum absolute atomic E-state index is 13.0. The molecule has 0 amide bonds. The van der Waals surface area contributed by atoms with Crippen LogP contribution in [0.25, 0.3) is 0 Å². The molecule has 0 aliphatic heterocycles.